The quantitative estimate of drug-likeness (QED) is 0.502. The molecule has 0 amide bonds. The Labute approximate surface area is 156 Å². The molecule has 1 aliphatic rings. The SMILES string of the molecule is Cc1ccc(N=c2ssc3c2-c2cc(C)c(C)cc2NC3(C)C)cc1. The summed E-state index contributed by atoms with van der Waals surface area (Å²) in [5, 5.41) is 3.72. The first kappa shape index (κ1) is 16.6. The van der Waals surface area contributed by atoms with E-state index >= 15 is 0 Å². The smallest absolute Gasteiger partial charge is 0.135 e. The van der Waals surface area contributed by atoms with Crippen LogP contribution in [-0.4, -0.2) is 0 Å². The first-order chi connectivity index (χ1) is 11.8. The molecule has 0 fully saturated rings. The minimum Gasteiger partial charge on any atom is -0.375 e. The van der Waals surface area contributed by atoms with E-state index in [9.17, 15) is 0 Å². The lowest BCUT2D eigenvalue weighted by Crippen LogP contribution is -2.31. The van der Waals surface area contributed by atoms with Gasteiger partial charge in [0.25, 0.3) is 0 Å². The second kappa shape index (κ2) is 5.82. The maximum atomic E-state index is 4.97. The van der Waals surface area contributed by atoms with Crippen molar-refractivity contribution >= 4 is 32.1 Å². The summed E-state index contributed by atoms with van der Waals surface area (Å²) in [7, 11) is 3.62. The van der Waals surface area contributed by atoms with Gasteiger partial charge in [-0.3, -0.25) is 0 Å². The Morgan fingerprint density at radius 3 is 2.32 bits per heavy atom. The highest BCUT2D eigenvalue weighted by Crippen LogP contribution is 2.46. The number of rotatable bonds is 1. The van der Waals surface area contributed by atoms with Gasteiger partial charge < -0.3 is 5.32 Å². The molecule has 1 aromatic heterocycles. The molecule has 128 valence electrons. The van der Waals surface area contributed by atoms with Gasteiger partial charge in [-0.15, -0.1) is 0 Å². The van der Waals surface area contributed by atoms with E-state index in [0.717, 1.165) is 10.4 Å². The molecule has 0 aliphatic carbocycles. The first-order valence-corrected chi connectivity index (χ1v) is 10.6. The van der Waals surface area contributed by atoms with Crippen LogP contribution in [0.15, 0.2) is 41.4 Å². The van der Waals surface area contributed by atoms with Crippen LogP contribution < -0.4 is 9.99 Å². The van der Waals surface area contributed by atoms with Crippen molar-refractivity contribution in [3.8, 4) is 11.1 Å². The lowest BCUT2D eigenvalue weighted by atomic mass is 9.88. The van der Waals surface area contributed by atoms with Gasteiger partial charge in [-0.25, -0.2) is 4.99 Å². The second-order valence-electron chi connectivity index (χ2n) is 7.36. The van der Waals surface area contributed by atoms with Crippen molar-refractivity contribution in [3.63, 3.8) is 0 Å². The average Bonchev–Trinajstić information content (AvgIpc) is 2.97. The third-order valence-corrected chi connectivity index (χ3v) is 7.47. The van der Waals surface area contributed by atoms with Crippen LogP contribution in [0.2, 0.25) is 0 Å². The maximum absolute atomic E-state index is 4.97. The van der Waals surface area contributed by atoms with E-state index in [0.29, 0.717) is 0 Å². The number of hydrogen-bond donors (Lipinski definition) is 1. The van der Waals surface area contributed by atoms with Gasteiger partial charge in [-0.2, -0.15) is 0 Å². The lowest BCUT2D eigenvalue weighted by Gasteiger charge is -2.33. The molecule has 0 bridgehead atoms. The molecule has 4 rings (SSSR count). The predicted molar refractivity (Wildman–Crippen MR) is 110 cm³/mol. The highest BCUT2D eigenvalue weighted by molar-refractivity contribution is 7.68. The molecule has 0 radical (unpaired) electrons. The van der Waals surface area contributed by atoms with Gasteiger partial charge in [-0.05, 0) is 70.0 Å². The van der Waals surface area contributed by atoms with Crippen LogP contribution in [0.5, 0.6) is 0 Å². The zero-order valence-corrected chi connectivity index (χ0v) is 16.9. The molecule has 1 aliphatic heterocycles. The molecule has 0 saturated carbocycles. The third-order valence-electron chi connectivity index (χ3n) is 4.83. The van der Waals surface area contributed by atoms with Gasteiger partial charge in [-0.1, -0.05) is 38.4 Å². The monoisotopic (exact) mass is 366 g/mol. The number of aryl methyl sites for hydroxylation is 3. The summed E-state index contributed by atoms with van der Waals surface area (Å²) in [6, 6.07) is 13.0. The van der Waals surface area contributed by atoms with Crippen LogP contribution in [0.1, 0.15) is 35.4 Å². The summed E-state index contributed by atoms with van der Waals surface area (Å²) in [6.07, 6.45) is 0. The van der Waals surface area contributed by atoms with E-state index in [-0.39, 0.29) is 5.54 Å². The van der Waals surface area contributed by atoms with Crippen LogP contribution in [0.4, 0.5) is 11.4 Å². The fourth-order valence-corrected chi connectivity index (χ4v) is 6.18. The molecule has 0 unspecified atom stereocenters. The van der Waals surface area contributed by atoms with Gasteiger partial charge in [0, 0.05) is 16.8 Å². The van der Waals surface area contributed by atoms with Crippen LogP contribution in [-0.2, 0) is 5.54 Å². The molecular formula is C21H22N2S2. The first-order valence-electron chi connectivity index (χ1n) is 8.50. The molecule has 25 heavy (non-hydrogen) atoms. The zero-order valence-electron chi connectivity index (χ0n) is 15.2. The number of fused-ring (bicyclic) bond motifs is 3. The summed E-state index contributed by atoms with van der Waals surface area (Å²) in [5.74, 6) is 0. The topological polar surface area (TPSA) is 24.4 Å². The standard InChI is InChI=1S/C21H22N2S2/c1-12-6-8-15(9-7-12)22-20-18-16-10-13(2)14(3)11-17(16)23-21(4,5)19(18)24-25-20/h6-11,23H,1-5H3. The largest absolute Gasteiger partial charge is 0.375 e. The Bertz CT molecular complexity index is 1020. The molecule has 1 N–H and O–H groups in total. The molecule has 0 saturated heterocycles. The molecule has 2 nitrogen and oxygen atoms in total. The number of benzene rings is 2. The van der Waals surface area contributed by atoms with Crippen molar-refractivity contribution in [2.75, 3.05) is 5.32 Å². The molecular weight excluding hydrogens is 344 g/mol. The van der Waals surface area contributed by atoms with Gasteiger partial charge in [0.2, 0.25) is 0 Å². The van der Waals surface area contributed by atoms with Gasteiger partial charge in [0.15, 0.2) is 0 Å². The molecule has 0 atom stereocenters. The van der Waals surface area contributed by atoms with E-state index < -0.39 is 0 Å². The highest BCUT2D eigenvalue weighted by atomic mass is 32.9. The maximum Gasteiger partial charge on any atom is 0.135 e. The van der Waals surface area contributed by atoms with Crippen molar-refractivity contribution < 1.29 is 0 Å². The van der Waals surface area contributed by atoms with Gasteiger partial charge >= 0.3 is 0 Å². The van der Waals surface area contributed by atoms with Crippen LogP contribution in [0, 0.1) is 20.8 Å². The van der Waals surface area contributed by atoms with Crippen LogP contribution in [0.25, 0.3) is 11.1 Å². The van der Waals surface area contributed by atoms with Crippen LogP contribution >= 0.6 is 20.7 Å². The van der Waals surface area contributed by atoms with Gasteiger partial charge in [0.1, 0.15) is 4.67 Å². The second-order valence-corrected chi connectivity index (χ2v) is 9.48. The number of anilines is 1. The third kappa shape index (κ3) is 2.83. The number of hydrogen-bond acceptors (Lipinski definition) is 4. The normalized spacial score (nSPS) is 15.5. The zero-order chi connectivity index (χ0) is 17.8. The average molecular weight is 367 g/mol. The lowest BCUT2D eigenvalue weighted by molar-refractivity contribution is 0.619. The molecule has 2 heterocycles. The molecule has 2 aromatic carbocycles. The predicted octanol–water partition coefficient (Wildman–Crippen LogP) is 6.29. The molecule has 3 aromatic rings. The Morgan fingerprint density at radius 2 is 1.60 bits per heavy atom. The van der Waals surface area contributed by atoms with Crippen molar-refractivity contribution in [1.82, 2.24) is 0 Å². The summed E-state index contributed by atoms with van der Waals surface area (Å²) in [5.41, 5.74) is 8.64. The van der Waals surface area contributed by atoms with E-state index in [4.69, 9.17) is 4.99 Å². The summed E-state index contributed by atoms with van der Waals surface area (Å²) >= 11 is 0. The number of nitrogens with zero attached hydrogens (tertiary/aromatic N) is 1. The van der Waals surface area contributed by atoms with E-state index in [1.54, 1.807) is 10.3 Å². The summed E-state index contributed by atoms with van der Waals surface area (Å²) < 4.78 is 1.11. The summed E-state index contributed by atoms with van der Waals surface area (Å²) in [6.45, 7) is 11.0. The Balaban J connectivity index is 1.98. The fraction of sp³-hybridized carbons (Fsp3) is 0.286. The summed E-state index contributed by atoms with van der Waals surface area (Å²) in [4.78, 5) is 6.35. The van der Waals surface area contributed by atoms with Gasteiger partial charge in [0.05, 0.1) is 16.1 Å². The number of nitrogens with one attached hydrogen (secondary N) is 1. The Hall–Kier alpha value is -1.91. The molecule has 4 heteroatoms. The highest BCUT2D eigenvalue weighted by Gasteiger charge is 2.33. The van der Waals surface area contributed by atoms with E-state index in [1.165, 1.54) is 38.4 Å². The molecule has 0 spiro atoms. The van der Waals surface area contributed by atoms with Crippen molar-refractivity contribution in [2.24, 2.45) is 4.99 Å². The van der Waals surface area contributed by atoms with Crippen molar-refractivity contribution in [3.05, 3.63) is 62.6 Å². The van der Waals surface area contributed by atoms with Crippen LogP contribution in [0.3, 0.4) is 0 Å². The fourth-order valence-electron chi connectivity index (χ4n) is 3.25. The Kier molecular flexibility index (Phi) is 3.85. The van der Waals surface area contributed by atoms with E-state index in [1.807, 2.05) is 10.3 Å². The minimum atomic E-state index is -0.0771. The Morgan fingerprint density at radius 1 is 0.920 bits per heavy atom. The van der Waals surface area contributed by atoms with Crippen molar-refractivity contribution in [2.45, 2.75) is 40.2 Å². The minimum absolute atomic E-state index is 0.0771. The van der Waals surface area contributed by atoms with E-state index in [2.05, 4.69) is 76.3 Å². The van der Waals surface area contributed by atoms with Crippen molar-refractivity contribution in [1.29, 1.82) is 0 Å².